The predicted molar refractivity (Wildman–Crippen MR) is 88.3 cm³/mol. The number of carbonyl (C=O) groups is 1. The number of anilines is 1. The molecule has 5 nitrogen and oxygen atoms in total. The van der Waals surface area contributed by atoms with Gasteiger partial charge in [-0.15, -0.1) is 11.3 Å². The van der Waals surface area contributed by atoms with Crippen molar-refractivity contribution in [2.24, 2.45) is 5.41 Å². The molecular weight excluding hydrogens is 298 g/mol. The summed E-state index contributed by atoms with van der Waals surface area (Å²) in [5.41, 5.74) is 0.255. The third-order valence-electron chi connectivity index (χ3n) is 4.88. The minimum absolute atomic E-state index is 0.255. The number of thiazole rings is 1. The molecule has 0 aliphatic carbocycles. The number of rotatable bonds is 5. The number of hydrogen-bond acceptors (Lipinski definition) is 5. The summed E-state index contributed by atoms with van der Waals surface area (Å²) in [6.45, 7) is 4.58. The van der Waals surface area contributed by atoms with E-state index < -0.39 is 0 Å². The second kappa shape index (κ2) is 6.96. The third kappa shape index (κ3) is 3.43. The molecule has 0 N–H and O–H groups in total. The van der Waals surface area contributed by atoms with Gasteiger partial charge in [0.2, 0.25) is 5.91 Å². The summed E-state index contributed by atoms with van der Waals surface area (Å²) in [7, 11) is 1.71. The summed E-state index contributed by atoms with van der Waals surface area (Å²) < 4.78 is 5.12. The van der Waals surface area contributed by atoms with E-state index in [1.807, 2.05) is 11.6 Å². The van der Waals surface area contributed by atoms with Crippen LogP contribution >= 0.6 is 11.3 Å². The Morgan fingerprint density at radius 3 is 3.09 bits per heavy atom. The minimum atomic E-state index is 0.255. The second-order valence-electron chi connectivity index (χ2n) is 6.50. The van der Waals surface area contributed by atoms with Crippen LogP contribution in [0.3, 0.4) is 0 Å². The number of nitrogens with zero attached hydrogens (tertiary/aromatic N) is 3. The highest BCUT2D eigenvalue weighted by Crippen LogP contribution is 2.40. The lowest BCUT2D eigenvalue weighted by atomic mass is 9.73. The van der Waals surface area contributed by atoms with E-state index in [-0.39, 0.29) is 5.41 Å². The van der Waals surface area contributed by atoms with Crippen LogP contribution in [-0.2, 0) is 9.53 Å². The average molecular weight is 323 g/mol. The number of likely N-dealkylation sites (tertiary alicyclic amines) is 1. The predicted octanol–water partition coefficient (Wildman–Crippen LogP) is 2.39. The van der Waals surface area contributed by atoms with Crippen molar-refractivity contribution >= 4 is 22.4 Å². The quantitative estimate of drug-likeness (QED) is 0.781. The van der Waals surface area contributed by atoms with E-state index in [0.717, 1.165) is 50.8 Å². The highest BCUT2D eigenvalue weighted by Gasteiger charge is 2.41. The van der Waals surface area contributed by atoms with Gasteiger partial charge in [-0.25, -0.2) is 4.98 Å². The van der Waals surface area contributed by atoms with Crippen LogP contribution < -0.4 is 4.90 Å². The molecule has 0 saturated carbocycles. The Morgan fingerprint density at radius 1 is 1.41 bits per heavy atom. The van der Waals surface area contributed by atoms with Gasteiger partial charge >= 0.3 is 0 Å². The van der Waals surface area contributed by atoms with Crippen LogP contribution in [0.4, 0.5) is 5.13 Å². The van der Waals surface area contributed by atoms with Crippen molar-refractivity contribution in [3.05, 3.63) is 11.6 Å². The first-order valence-electron chi connectivity index (χ1n) is 8.14. The maximum Gasteiger partial charge on any atom is 0.222 e. The lowest BCUT2D eigenvalue weighted by Gasteiger charge is -2.48. The molecule has 2 fully saturated rings. The topological polar surface area (TPSA) is 45.7 Å². The van der Waals surface area contributed by atoms with Gasteiger partial charge in [-0.2, -0.15) is 0 Å². The fraction of sp³-hybridized carbons (Fsp3) is 0.750. The zero-order valence-corrected chi connectivity index (χ0v) is 14.1. The van der Waals surface area contributed by atoms with E-state index in [0.29, 0.717) is 12.3 Å². The summed E-state index contributed by atoms with van der Waals surface area (Å²) in [6.07, 6.45) is 6.94. The fourth-order valence-electron chi connectivity index (χ4n) is 3.78. The van der Waals surface area contributed by atoms with E-state index >= 15 is 0 Å². The van der Waals surface area contributed by atoms with Crippen molar-refractivity contribution in [2.75, 3.05) is 44.8 Å². The van der Waals surface area contributed by atoms with Crippen molar-refractivity contribution < 1.29 is 9.53 Å². The number of carbonyl (C=O) groups excluding carboxylic acids is 1. The van der Waals surface area contributed by atoms with Crippen LogP contribution in [0.15, 0.2) is 11.6 Å². The summed E-state index contributed by atoms with van der Waals surface area (Å²) >= 11 is 1.71. The minimum Gasteiger partial charge on any atom is -0.385 e. The first kappa shape index (κ1) is 15.7. The molecule has 1 atom stereocenters. The molecule has 122 valence electrons. The first-order valence-corrected chi connectivity index (χ1v) is 9.02. The standard InChI is InChI=1S/C16H25N3O2S/c1-21-10-3-9-18-12-16(6-4-14(18)20)5-2-8-19(13-16)15-17-7-11-22-15/h7,11H,2-6,8-10,12-13H2,1H3/t16-/m0/s1. The van der Waals surface area contributed by atoms with E-state index in [2.05, 4.69) is 14.8 Å². The number of aromatic nitrogens is 1. The Hall–Kier alpha value is -1.14. The Bertz CT molecular complexity index is 494. The van der Waals surface area contributed by atoms with Gasteiger partial charge in [0.1, 0.15) is 0 Å². The molecule has 1 aromatic heterocycles. The molecule has 3 heterocycles. The molecule has 1 spiro atoms. The first-order chi connectivity index (χ1) is 10.7. The molecule has 6 heteroatoms. The van der Waals surface area contributed by atoms with Gasteiger partial charge in [-0.3, -0.25) is 4.79 Å². The molecular formula is C16H25N3O2S. The van der Waals surface area contributed by atoms with Crippen molar-refractivity contribution in [3.8, 4) is 0 Å². The van der Waals surface area contributed by atoms with Gasteiger partial charge < -0.3 is 14.5 Å². The third-order valence-corrected chi connectivity index (χ3v) is 5.71. The summed E-state index contributed by atoms with van der Waals surface area (Å²) in [4.78, 5) is 21.1. The van der Waals surface area contributed by atoms with Gasteiger partial charge in [0.05, 0.1) is 0 Å². The lowest BCUT2D eigenvalue weighted by Crippen LogP contribution is -2.54. The van der Waals surface area contributed by atoms with Crippen molar-refractivity contribution in [2.45, 2.75) is 32.1 Å². The maximum absolute atomic E-state index is 12.2. The van der Waals surface area contributed by atoms with Gasteiger partial charge in [0.15, 0.2) is 5.13 Å². The van der Waals surface area contributed by atoms with Crippen LogP contribution in [-0.4, -0.2) is 55.7 Å². The molecule has 2 aliphatic heterocycles. The van der Waals surface area contributed by atoms with Gasteiger partial charge in [0.25, 0.3) is 0 Å². The number of hydrogen-bond donors (Lipinski definition) is 0. The van der Waals surface area contributed by atoms with Gasteiger partial charge in [0, 0.05) is 63.3 Å². The number of methoxy groups -OCH3 is 1. The molecule has 2 aliphatic rings. The van der Waals surface area contributed by atoms with Gasteiger partial charge in [-0.05, 0) is 25.7 Å². The monoisotopic (exact) mass is 323 g/mol. The van der Waals surface area contributed by atoms with Crippen LogP contribution in [0.25, 0.3) is 0 Å². The highest BCUT2D eigenvalue weighted by molar-refractivity contribution is 7.13. The zero-order valence-electron chi connectivity index (χ0n) is 13.3. The van der Waals surface area contributed by atoms with Crippen LogP contribution in [0.1, 0.15) is 32.1 Å². The largest absolute Gasteiger partial charge is 0.385 e. The van der Waals surface area contributed by atoms with E-state index in [1.165, 1.54) is 12.8 Å². The van der Waals surface area contributed by atoms with Crippen LogP contribution in [0.2, 0.25) is 0 Å². The van der Waals surface area contributed by atoms with E-state index in [1.54, 1.807) is 18.4 Å². The molecule has 1 amide bonds. The van der Waals surface area contributed by atoms with Crippen LogP contribution in [0.5, 0.6) is 0 Å². The summed E-state index contributed by atoms with van der Waals surface area (Å²) in [6, 6.07) is 0. The van der Waals surface area contributed by atoms with E-state index in [4.69, 9.17) is 4.74 Å². The molecule has 3 rings (SSSR count). The number of amides is 1. The Labute approximate surface area is 136 Å². The van der Waals surface area contributed by atoms with Crippen molar-refractivity contribution in [1.29, 1.82) is 0 Å². The van der Waals surface area contributed by atoms with E-state index in [9.17, 15) is 4.79 Å². The lowest BCUT2D eigenvalue weighted by molar-refractivity contribution is -0.138. The van der Waals surface area contributed by atoms with Gasteiger partial charge in [-0.1, -0.05) is 0 Å². The highest BCUT2D eigenvalue weighted by atomic mass is 32.1. The molecule has 0 radical (unpaired) electrons. The maximum atomic E-state index is 12.2. The Morgan fingerprint density at radius 2 is 2.32 bits per heavy atom. The Kier molecular flexibility index (Phi) is 4.98. The zero-order chi connectivity index (χ0) is 15.4. The number of piperidine rings is 2. The number of ether oxygens (including phenoxy) is 1. The SMILES string of the molecule is COCCCN1C[C@]2(CCCN(c3nccs3)C2)CCC1=O. The fourth-order valence-corrected chi connectivity index (χ4v) is 4.45. The average Bonchev–Trinajstić information content (AvgIpc) is 3.06. The van der Waals surface area contributed by atoms with Crippen molar-refractivity contribution in [3.63, 3.8) is 0 Å². The summed E-state index contributed by atoms with van der Waals surface area (Å²) in [5, 5.41) is 3.17. The molecule has 1 aromatic rings. The molecule has 0 unspecified atom stereocenters. The van der Waals surface area contributed by atoms with Crippen molar-refractivity contribution in [1.82, 2.24) is 9.88 Å². The smallest absolute Gasteiger partial charge is 0.222 e. The summed E-state index contributed by atoms with van der Waals surface area (Å²) in [5.74, 6) is 0.313. The second-order valence-corrected chi connectivity index (χ2v) is 7.37. The normalized spacial score (nSPS) is 26.0. The Balaban J connectivity index is 1.65. The molecule has 2 saturated heterocycles. The molecule has 0 aromatic carbocycles. The molecule has 22 heavy (non-hydrogen) atoms. The van der Waals surface area contributed by atoms with Crippen LogP contribution in [0, 0.1) is 5.41 Å². The molecule has 0 bridgehead atoms.